The Morgan fingerprint density at radius 3 is 2.90 bits per heavy atom. The third-order valence-corrected chi connectivity index (χ3v) is 9.36. The molecule has 0 spiro atoms. The van der Waals surface area contributed by atoms with Crippen LogP contribution >= 0.6 is 0 Å². The second kappa shape index (κ2) is 7.76. The fourth-order valence-corrected chi connectivity index (χ4v) is 7.73. The van der Waals surface area contributed by atoms with E-state index < -0.39 is 0 Å². The number of allylic oxidation sites excluding steroid dienone is 2. The van der Waals surface area contributed by atoms with Crippen LogP contribution in [-0.4, -0.2) is 29.6 Å². The maximum atomic E-state index is 9.89. The smallest absolute Gasteiger partial charge is 0.115 e. The molecule has 5 unspecified atom stereocenters. The molecule has 5 atom stereocenters. The molecule has 158 valence electrons. The summed E-state index contributed by atoms with van der Waals surface area (Å²) in [4.78, 5) is 2.57. The fraction of sp³-hybridized carbons (Fsp3) is 0.704. The third-order valence-electron chi connectivity index (χ3n) is 9.36. The number of rotatable bonds is 4. The van der Waals surface area contributed by atoms with Gasteiger partial charge in [0, 0.05) is 6.04 Å². The summed E-state index contributed by atoms with van der Waals surface area (Å²) < 4.78 is 0. The van der Waals surface area contributed by atoms with Gasteiger partial charge in [0.2, 0.25) is 0 Å². The Morgan fingerprint density at radius 1 is 1.17 bits per heavy atom. The van der Waals surface area contributed by atoms with E-state index in [1.165, 1.54) is 76.3 Å². The summed E-state index contributed by atoms with van der Waals surface area (Å²) in [5, 5.41) is 9.89. The van der Waals surface area contributed by atoms with Gasteiger partial charge < -0.3 is 10.0 Å². The van der Waals surface area contributed by atoms with Crippen LogP contribution in [0.15, 0.2) is 29.8 Å². The molecule has 1 aliphatic heterocycles. The number of nitrogens with zero attached hydrogens (tertiary/aromatic N) is 1. The quantitative estimate of drug-likeness (QED) is 0.470. The van der Waals surface area contributed by atoms with E-state index in [1.807, 2.05) is 12.1 Å². The Hall–Kier alpha value is -1.28. The number of phenolic OH excluding ortho intramolecular Hbond substituents is 1. The van der Waals surface area contributed by atoms with Crippen molar-refractivity contribution in [3.05, 3.63) is 41.0 Å². The predicted molar refractivity (Wildman–Crippen MR) is 120 cm³/mol. The molecule has 29 heavy (non-hydrogen) atoms. The minimum Gasteiger partial charge on any atom is -0.508 e. The third kappa shape index (κ3) is 3.46. The fourth-order valence-electron chi connectivity index (χ4n) is 7.73. The van der Waals surface area contributed by atoms with Gasteiger partial charge >= 0.3 is 0 Å². The van der Waals surface area contributed by atoms with Gasteiger partial charge in [0.25, 0.3) is 0 Å². The minimum absolute atomic E-state index is 0.442. The average Bonchev–Trinajstić information content (AvgIpc) is 3.27. The number of fused-ring (bicyclic) bond motifs is 5. The van der Waals surface area contributed by atoms with E-state index in [-0.39, 0.29) is 0 Å². The highest BCUT2D eigenvalue weighted by atomic mass is 16.3. The Bertz CT molecular complexity index is 783. The van der Waals surface area contributed by atoms with Crippen LogP contribution in [0.4, 0.5) is 0 Å². The van der Waals surface area contributed by atoms with Crippen molar-refractivity contribution in [1.29, 1.82) is 0 Å². The van der Waals surface area contributed by atoms with Crippen molar-refractivity contribution in [3.8, 4) is 5.75 Å². The molecule has 5 rings (SSSR count). The maximum absolute atomic E-state index is 9.89. The van der Waals surface area contributed by atoms with Crippen LogP contribution in [0.25, 0.3) is 0 Å². The lowest BCUT2D eigenvalue weighted by atomic mass is 9.55. The average molecular weight is 394 g/mol. The number of unbranched alkanes of at least 4 members (excludes halogenated alkanes) is 1. The molecule has 1 heterocycles. The number of hydrogen-bond donors (Lipinski definition) is 1. The van der Waals surface area contributed by atoms with Gasteiger partial charge in [0.1, 0.15) is 5.75 Å². The highest BCUT2D eigenvalue weighted by Gasteiger charge is 2.52. The van der Waals surface area contributed by atoms with Gasteiger partial charge in [-0.05, 0) is 131 Å². The summed E-state index contributed by atoms with van der Waals surface area (Å²) in [6.45, 7) is 3.90. The van der Waals surface area contributed by atoms with Gasteiger partial charge in [-0.25, -0.2) is 0 Å². The Morgan fingerprint density at radius 2 is 2.07 bits per heavy atom. The Balaban J connectivity index is 1.26. The monoisotopic (exact) mass is 393 g/mol. The van der Waals surface area contributed by atoms with E-state index >= 15 is 0 Å². The van der Waals surface area contributed by atoms with E-state index in [2.05, 4.69) is 31.0 Å². The first kappa shape index (κ1) is 19.7. The zero-order valence-corrected chi connectivity index (χ0v) is 18.5. The molecular formula is C27H39NO. The second-order valence-electron chi connectivity index (χ2n) is 10.7. The van der Waals surface area contributed by atoms with Gasteiger partial charge in [-0.1, -0.05) is 24.6 Å². The zero-order chi connectivity index (χ0) is 20.0. The first-order valence-electron chi connectivity index (χ1n) is 12.3. The highest BCUT2D eigenvalue weighted by Crippen LogP contribution is 2.62. The van der Waals surface area contributed by atoms with E-state index in [0.717, 1.165) is 30.2 Å². The summed E-state index contributed by atoms with van der Waals surface area (Å²) in [6.07, 6.45) is 17.4. The molecule has 0 radical (unpaired) electrons. The summed E-state index contributed by atoms with van der Waals surface area (Å²) in [5.74, 6) is 2.90. The second-order valence-corrected chi connectivity index (χ2v) is 10.7. The molecule has 1 aromatic carbocycles. The molecule has 2 saturated carbocycles. The molecule has 0 bridgehead atoms. The number of likely N-dealkylation sites (tertiary alicyclic amines) is 1. The molecule has 2 nitrogen and oxygen atoms in total. The predicted octanol–water partition coefficient (Wildman–Crippen LogP) is 6.44. The molecule has 0 amide bonds. The number of aryl methyl sites for hydroxylation is 1. The van der Waals surface area contributed by atoms with Crippen molar-refractivity contribution in [2.24, 2.45) is 17.3 Å². The van der Waals surface area contributed by atoms with E-state index in [1.54, 1.807) is 11.1 Å². The summed E-state index contributed by atoms with van der Waals surface area (Å²) >= 11 is 0. The Kier molecular flexibility index (Phi) is 5.26. The van der Waals surface area contributed by atoms with Crippen LogP contribution < -0.4 is 0 Å². The van der Waals surface area contributed by atoms with Crippen molar-refractivity contribution in [2.45, 2.75) is 89.5 Å². The van der Waals surface area contributed by atoms with Crippen molar-refractivity contribution in [2.75, 3.05) is 13.6 Å². The molecule has 1 saturated heterocycles. The van der Waals surface area contributed by atoms with Gasteiger partial charge in [-0.3, -0.25) is 0 Å². The van der Waals surface area contributed by atoms with Gasteiger partial charge in [-0.2, -0.15) is 0 Å². The van der Waals surface area contributed by atoms with Crippen molar-refractivity contribution in [1.82, 2.24) is 4.90 Å². The van der Waals surface area contributed by atoms with Crippen molar-refractivity contribution >= 4 is 0 Å². The maximum Gasteiger partial charge on any atom is 0.115 e. The highest BCUT2D eigenvalue weighted by molar-refractivity contribution is 5.40. The SMILES string of the molecule is CN1CCCC1CCC/C=C1\CCC2C3CCc4cc(O)ccc4C3CCC12C. The van der Waals surface area contributed by atoms with Crippen LogP contribution in [0, 0.1) is 17.3 Å². The molecule has 1 N–H and O–H groups in total. The number of phenols is 1. The summed E-state index contributed by atoms with van der Waals surface area (Å²) in [7, 11) is 2.31. The van der Waals surface area contributed by atoms with Crippen LogP contribution in [0.1, 0.15) is 88.2 Å². The lowest BCUT2D eigenvalue weighted by Gasteiger charge is -2.49. The van der Waals surface area contributed by atoms with Gasteiger partial charge in [0.15, 0.2) is 0 Å². The first-order valence-corrected chi connectivity index (χ1v) is 12.3. The summed E-state index contributed by atoms with van der Waals surface area (Å²) in [6, 6.07) is 7.02. The molecule has 0 aromatic heterocycles. The number of aromatic hydroxyl groups is 1. The first-order chi connectivity index (χ1) is 14.1. The minimum atomic E-state index is 0.442. The molecule has 3 fully saturated rings. The zero-order valence-electron chi connectivity index (χ0n) is 18.5. The number of hydrogen-bond acceptors (Lipinski definition) is 2. The molecule has 1 aromatic rings. The van der Waals surface area contributed by atoms with Gasteiger partial charge in [-0.15, -0.1) is 0 Å². The standard InChI is InChI=1S/C27H39NO/c1-27-16-15-24-23-13-11-22(29)18-19(23)9-12-25(24)26(27)14-10-20(27)6-3-4-7-21-8-5-17-28(21)2/h6,11,13,18,21,24-26,29H,3-5,7-10,12,14-17H2,1-2H3/b20-6+. The Labute approximate surface area is 177 Å². The van der Waals surface area contributed by atoms with Crippen LogP contribution in [0.5, 0.6) is 5.75 Å². The van der Waals surface area contributed by atoms with E-state index in [9.17, 15) is 5.11 Å². The largest absolute Gasteiger partial charge is 0.508 e. The lowest BCUT2D eigenvalue weighted by molar-refractivity contribution is 0.0812. The van der Waals surface area contributed by atoms with Crippen LogP contribution in [0.2, 0.25) is 0 Å². The normalized spacial score (nSPS) is 38.1. The van der Waals surface area contributed by atoms with E-state index in [0.29, 0.717) is 11.2 Å². The number of benzene rings is 1. The van der Waals surface area contributed by atoms with Crippen LogP contribution in [0.3, 0.4) is 0 Å². The topological polar surface area (TPSA) is 23.5 Å². The van der Waals surface area contributed by atoms with Crippen molar-refractivity contribution < 1.29 is 5.11 Å². The van der Waals surface area contributed by atoms with E-state index in [4.69, 9.17) is 0 Å². The summed E-state index contributed by atoms with van der Waals surface area (Å²) in [5.41, 5.74) is 5.23. The molecular weight excluding hydrogens is 354 g/mol. The molecule has 3 aliphatic carbocycles. The van der Waals surface area contributed by atoms with Crippen molar-refractivity contribution in [3.63, 3.8) is 0 Å². The molecule has 4 aliphatic rings. The van der Waals surface area contributed by atoms with Gasteiger partial charge in [0.05, 0.1) is 0 Å². The molecule has 2 heteroatoms. The van der Waals surface area contributed by atoms with Crippen LogP contribution in [-0.2, 0) is 6.42 Å². The lowest BCUT2D eigenvalue weighted by Crippen LogP contribution is -2.40.